The second-order valence-corrected chi connectivity index (χ2v) is 16.7. The Morgan fingerprint density at radius 1 is 0.557 bits per heavy atom. The van der Waals surface area contributed by atoms with Crippen molar-refractivity contribution in [1.29, 1.82) is 0 Å². The molecule has 0 spiro atoms. The number of benzene rings is 5. The van der Waals surface area contributed by atoms with E-state index in [1.807, 2.05) is 26.0 Å². The maximum absolute atomic E-state index is 13.5. The first-order chi connectivity index (χ1) is 33.6. The number of ether oxygens (including phenoxy) is 2. The Morgan fingerprint density at radius 2 is 1.00 bits per heavy atom. The molecule has 0 aromatic heterocycles. The lowest BCUT2D eigenvalue weighted by Gasteiger charge is -2.16. The molecule has 366 valence electrons. The highest BCUT2D eigenvalue weighted by molar-refractivity contribution is 6.37. The van der Waals surface area contributed by atoms with Crippen LogP contribution in [0.15, 0.2) is 111 Å². The number of Topliss-reactive ketones (excluding diaryl/α,β-unsaturated/α-hetero) is 2. The van der Waals surface area contributed by atoms with Crippen molar-refractivity contribution in [3.05, 3.63) is 129 Å². The lowest BCUT2D eigenvalue weighted by Crippen LogP contribution is -2.32. The first kappa shape index (κ1) is 54.5. The first-order valence-electron chi connectivity index (χ1n) is 21.6. The molecule has 16 nitrogen and oxygen atoms in total. The number of alkyl halides is 3. The van der Waals surface area contributed by atoms with Crippen LogP contribution in [-0.2, 0) is 37.9 Å². The molecule has 0 aliphatic rings. The number of aryl methyl sites for hydroxylation is 2. The van der Waals surface area contributed by atoms with Crippen LogP contribution in [0.5, 0.6) is 11.5 Å². The normalized spacial score (nSPS) is 12.0. The molecule has 0 heterocycles. The van der Waals surface area contributed by atoms with E-state index in [0.717, 1.165) is 25.0 Å². The van der Waals surface area contributed by atoms with Gasteiger partial charge in [-0.05, 0) is 112 Å². The molecule has 4 N–H and O–H groups in total. The summed E-state index contributed by atoms with van der Waals surface area (Å²) in [5, 5.41) is 26.9. The van der Waals surface area contributed by atoms with Crippen LogP contribution in [0.1, 0.15) is 65.1 Å². The van der Waals surface area contributed by atoms with Crippen molar-refractivity contribution in [3.8, 4) is 11.5 Å². The Kier molecular flexibility index (Phi) is 20.7. The second kappa shape index (κ2) is 26.5. The molecule has 0 fully saturated rings. The Balaban J connectivity index is 1.28. The Hall–Kier alpha value is -6.43. The molecule has 2 atom stereocenters. The van der Waals surface area contributed by atoms with E-state index in [-0.39, 0.29) is 49.8 Å². The van der Waals surface area contributed by atoms with Gasteiger partial charge in [-0.2, -0.15) is 20.5 Å². The van der Waals surface area contributed by atoms with Crippen molar-refractivity contribution in [3.63, 3.8) is 0 Å². The maximum Gasteiger partial charge on any atom is 0.258 e. The number of ketones is 2. The summed E-state index contributed by atoms with van der Waals surface area (Å²) < 4.78 is 11.4. The van der Waals surface area contributed by atoms with Crippen molar-refractivity contribution in [2.75, 3.05) is 46.2 Å². The molecule has 70 heavy (non-hydrogen) atoms. The predicted octanol–water partition coefficient (Wildman–Crippen LogP) is 12.0. The highest BCUT2D eigenvalue weighted by Gasteiger charge is 2.27. The van der Waals surface area contributed by atoms with Gasteiger partial charge in [-0.3, -0.25) is 28.8 Å². The number of carbonyl (C=O) groups is 6. The van der Waals surface area contributed by atoms with Crippen LogP contribution < -0.4 is 30.7 Å². The number of rotatable bonds is 23. The molecular formula is C49H47Cl5N8O8. The number of anilines is 4. The van der Waals surface area contributed by atoms with E-state index in [1.54, 1.807) is 24.3 Å². The zero-order chi connectivity index (χ0) is 50.9. The van der Waals surface area contributed by atoms with Gasteiger partial charge in [-0.1, -0.05) is 59.6 Å². The SMILES string of the molecule is CCOc1cccc(CCCl)c1NC(=O)c1cccc(N=NC(C(C)=O)C(=O)Nc2ccc(NC(=O)C(N=Nc3cccc(C(=O)Nc4c(CCCl)cccc4OCC)c3Cl)C(C)=O)c(CCl)c2)c1Cl. The molecule has 0 saturated carbocycles. The van der Waals surface area contributed by atoms with Crippen LogP contribution in [0, 0.1) is 0 Å². The number of hydrogen-bond donors (Lipinski definition) is 4. The van der Waals surface area contributed by atoms with Crippen LogP contribution in [0.3, 0.4) is 0 Å². The number of nitrogens with one attached hydrogen (secondary N) is 4. The zero-order valence-corrected chi connectivity index (χ0v) is 42.0. The van der Waals surface area contributed by atoms with Crippen LogP contribution in [0.4, 0.5) is 34.1 Å². The summed E-state index contributed by atoms with van der Waals surface area (Å²) in [5.41, 5.74) is 3.15. The number of hydrogen-bond acceptors (Lipinski definition) is 12. The largest absolute Gasteiger partial charge is 0.492 e. The molecule has 0 radical (unpaired) electrons. The van der Waals surface area contributed by atoms with Crippen molar-refractivity contribution in [1.82, 2.24) is 0 Å². The Labute approximate surface area is 428 Å². The molecule has 4 amide bonds. The Morgan fingerprint density at radius 3 is 1.41 bits per heavy atom. The highest BCUT2D eigenvalue weighted by Crippen LogP contribution is 2.35. The molecule has 5 rings (SSSR count). The summed E-state index contributed by atoms with van der Waals surface area (Å²) in [4.78, 5) is 79.4. The lowest BCUT2D eigenvalue weighted by atomic mass is 10.1. The third-order valence-electron chi connectivity index (χ3n) is 10.1. The molecule has 0 saturated heterocycles. The molecule has 0 bridgehead atoms. The van der Waals surface area contributed by atoms with Gasteiger partial charge in [0.1, 0.15) is 22.9 Å². The summed E-state index contributed by atoms with van der Waals surface area (Å²) in [6.45, 7) is 6.64. The van der Waals surface area contributed by atoms with E-state index < -0.39 is 47.3 Å². The minimum absolute atomic E-state index is 0.00847. The van der Waals surface area contributed by atoms with Gasteiger partial charge in [0.25, 0.3) is 23.6 Å². The molecule has 0 aliphatic carbocycles. The van der Waals surface area contributed by atoms with E-state index in [2.05, 4.69) is 41.7 Å². The summed E-state index contributed by atoms with van der Waals surface area (Å²) in [5.74, 6) is -2.86. The maximum atomic E-state index is 13.5. The topological polar surface area (TPSA) is 218 Å². The standard InChI is InChI=1S/C49H47Cl5N8O8/c1-5-69-38-17-7-11-29(21-23-50)44(38)57-46(65)33-13-9-15-36(40(33)53)59-61-42(27(3)63)48(67)55-32-19-20-35(31(25-32)26-52)56-49(68)43(28(4)64)62-60-37-16-10-14-34(41(37)54)47(66)58-45-30(22-24-51)12-8-18-39(45)70-6-2/h7-20,25,42-43H,5-6,21-24,26H2,1-4H3,(H,55,67)(H,56,68)(H,57,65)(H,58,66). The van der Waals surface area contributed by atoms with Gasteiger partial charge in [0.05, 0.1) is 45.8 Å². The fraction of sp³-hybridized carbons (Fsp3) is 0.265. The number of amides is 4. The lowest BCUT2D eigenvalue weighted by molar-refractivity contribution is -0.127. The van der Waals surface area contributed by atoms with E-state index >= 15 is 0 Å². The van der Waals surface area contributed by atoms with Crippen LogP contribution >= 0.6 is 58.0 Å². The molecule has 5 aromatic carbocycles. The van der Waals surface area contributed by atoms with Gasteiger partial charge in [-0.15, -0.1) is 34.8 Å². The van der Waals surface area contributed by atoms with E-state index in [0.29, 0.717) is 66.3 Å². The van der Waals surface area contributed by atoms with Gasteiger partial charge in [0.15, 0.2) is 11.6 Å². The fourth-order valence-electron chi connectivity index (χ4n) is 6.71. The summed E-state index contributed by atoms with van der Waals surface area (Å²) in [7, 11) is 0. The van der Waals surface area contributed by atoms with Gasteiger partial charge in [0, 0.05) is 29.0 Å². The quantitative estimate of drug-likeness (QED) is 0.0279. The highest BCUT2D eigenvalue weighted by atomic mass is 35.5. The molecule has 2 unspecified atom stereocenters. The zero-order valence-electron chi connectivity index (χ0n) is 38.2. The van der Waals surface area contributed by atoms with Crippen LogP contribution in [0.2, 0.25) is 10.0 Å². The smallest absolute Gasteiger partial charge is 0.258 e. The average molecular weight is 1050 g/mol. The van der Waals surface area contributed by atoms with Crippen molar-refractivity contribution >= 4 is 127 Å². The van der Waals surface area contributed by atoms with E-state index in [9.17, 15) is 28.8 Å². The Bertz CT molecular complexity index is 2780. The van der Waals surface area contributed by atoms with Gasteiger partial charge in [0.2, 0.25) is 12.1 Å². The minimum Gasteiger partial charge on any atom is -0.492 e. The van der Waals surface area contributed by atoms with E-state index in [1.165, 1.54) is 54.6 Å². The number of para-hydroxylation sites is 2. The molecular weight excluding hydrogens is 1010 g/mol. The number of carbonyl (C=O) groups excluding carboxylic acids is 6. The summed E-state index contributed by atoms with van der Waals surface area (Å²) in [6.07, 6.45) is 0.918. The number of halogens is 5. The third kappa shape index (κ3) is 14.1. The van der Waals surface area contributed by atoms with Crippen LogP contribution in [0.25, 0.3) is 0 Å². The third-order valence-corrected chi connectivity index (χ3v) is 11.5. The molecule has 5 aromatic rings. The minimum atomic E-state index is -1.65. The second-order valence-electron chi connectivity index (χ2n) is 15.0. The summed E-state index contributed by atoms with van der Waals surface area (Å²) in [6, 6.07) is 20.6. The van der Waals surface area contributed by atoms with Gasteiger partial charge < -0.3 is 30.7 Å². The van der Waals surface area contributed by atoms with Crippen molar-refractivity contribution in [2.24, 2.45) is 20.5 Å². The first-order valence-corrected chi connectivity index (χ1v) is 24.0. The monoisotopic (exact) mass is 1050 g/mol. The summed E-state index contributed by atoms with van der Waals surface area (Å²) >= 11 is 31.5. The number of nitrogens with zero attached hydrogens (tertiary/aromatic N) is 4. The molecule has 21 heteroatoms. The number of azo groups is 2. The predicted molar refractivity (Wildman–Crippen MR) is 274 cm³/mol. The van der Waals surface area contributed by atoms with Gasteiger partial charge in [-0.25, -0.2) is 0 Å². The van der Waals surface area contributed by atoms with Crippen LogP contribution in [-0.4, -0.2) is 72.3 Å². The average Bonchev–Trinajstić information content (AvgIpc) is 3.32. The van der Waals surface area contributed by atoms with Crippen molar-refractivity contribution in [2.45, 2.75) is 58.5 Å². The van der Waals surface area contributed by atoms with E-state index in [4.69, 9.17) is 67.5 Å². The molecule has 0 aliphatic heterocycles. The van der Waals surface area contributed by atoms with Crippen molar-refractivity contribution < 1.29 is 38.2 Å². The fourth-order valence-corrected chi connectivity index (χ4v) is 7.84. The van der Waals surface area contributed by atoms with Gasteiger partial charge >= 0.3 is 0 Å².